The lowest BCUT2D eigenvalue weighted by Crippen LogP contribution is -2.31. The molecule has 1 heterocycles. The van der Waals surface area contributed by atoms with Crippen molar-refractivity contribution in [1.82, 2.24) is 0 Å². The molecule has 1 aliphatic heterocycles. The number of hydrogen-bond acceptors (Lipinski definition) is 4. The van der Waals surface area contributed by atoms with E-state index < -0.39 is 47.2 Å². The van der Waals surface area contributed by atoms with Gasteiger partial charge in [0.15, 0.2) is 41.1 Å². The maximum atomic E-state index is 14.2. The number of nitrogens with two attached hydrogens (primary N) is 1. The van der Waals surface area contributed by atoms with Crippen LogP contribution in [0.2, 0.25) is 0 Å². The van der Waals surface area contributed by atoms with E-state index in [1.807, 2.05) is 0 Å². The van der Waals surface area contributed by atoms with Crippen LogP contribution < -0.4 is 10.5 Å². The Morgan fingerprint density at radius 2 is 1.52 bits per heavy atom. The predicted molar refractivity (Wildman–Crippen MR) is 93.5 cm³/mol. The van der Waals surface area contributed by atoms with E-state index >= 15 is 0 Å². The van der Waals surface area contributed by atoms with E-state index in [9.17, 15) is 22.0 Å². The Morgan fingerprint density at radius 1 is 0.966 bits per heavy atom. The molecule has 29 heavy (non-hydrogen) atoms. The Labute approximate surface area is 164 Å². The van der Waals surface area contributed by atoms with Crippen LogP contribution in [0.5, 0.6) is 5.75 Å². The summed E-state index contributed by atoms with van der Waals surface area (Å²) < 4.78 is 84.0. The van der Waals surface area contributed by atoms with Crippen LogP contribution in [-0.4, -0.2) is 19.8 Å². The second-order valence-corrected chi connectivity index (χ2v) is 6.80. The van der Waals surface area contributed by atoms with Crippen molar-refractivity contribution in [3.05, 3.63) is 64.5 Å². The normalized spacial score (nSPS) is 20.5. The molecule has 0 aliphatic carbocycles. The highest BCUT2D eigenvalue weighted by atomic mass is 19.2. The van der Waals surface area contributed by atoms with Crippen LogP contribution in [0.4, 0.5) is 22.0 Å². The van der Waals surface area contributed by atoms with Gasteiger partial charge >= 0.3 is 0 Å². The smallest absolute Gasteiger partial charge is 0.194 e. The largest absolute Gasteiger partial charge is 0.487 e. The summed E-state index contributed by atoms with van der Waals surface area (Å²) in [5.74, 6) is -6.91. The summed E-state index contributed by atoms with van der Waals surface area (Å²) in [4.78, 5) is 0. The third-order valence-corrected chi connectivity index (χ3v) is 4.60. The third kappa shape index (κ3) is 4.85. The van der Waals surface area contributed by atoms with Gasteiger partial charge in [-0.3, -0.25) is 0 Å². The zero-order valence-corrected chi connectivity index (χ0v) is 15.6. The highest BCUT2D eigenvalue weighted by Gasteiger charge is 2.27. The lowest BCUT2D eigenvalue weighted by Gasteiger charge is -2.29. The average Bonchev–Trinajstić information content (AvgIpc) is 2.70. The van der Waals surface area contributed by atoms with Crippen LogP contribution in [-0.2, 0) is 9.47 Å². The van der Waals surface area contributed by atoms with Gasteiger partial charge in [0.1, 0.15) is 0 Å². The standard InChI is InChI=1S/C20H20F5NO3/c1-2-17(26)11-3-15(23)19(16(24)4-11)27-7-10-8-28-20(29-9-10)12-5-13(21)18(25)14(22)6-12/h3-6,10,17,20H,2,7-9,26H2,1H3. The molecule has 1 unspecified atom stereocenters. The molecule has 1 atom stereocenters. The van der Waals surface area contributed by atoms with E-state index in [1.54, 1.807) is 6.92 Å². The van der Waals surface area contributed by atoms with Gasteiger partial charge < -0.3 is 19.9 Å². The Kier molecular flexibility index (Phi) is 6.71. The second-order valence-electron chi connectivity index (χ2n) is 6.80. The monoisotopic (exact) mass is 417 g/mol. The fourth-order valence-electron chi connectivity index (χ4n) is 2.91. The van der Waals surface area contributed by atoms with Gasteiger partial charge in [-0.1, -0.05) is 6.92 Å². The first kappa shape index (κ1) is 21.5. The predicted octanol–water partition coefficient (Wildman–Crippen LogP) is 4.53. The molecule has 1 saturated heterocycles. The Balaban J connectivity index is 1.58. The molecule has 2 aromatic rings. The number of halogens is 5. The number of benzene rings is 2. The molecule has 158 valence electrons. The van der Waals surface area contributed by atoms with Crippen LogP contribution in [0.3, 0.4) is 0 Å². The van der Waals surface area contributed by atoms with Crippen molar-refractivity contribution in [2.24, 2.45) is 11.7 Å². The summed E-state index contributed by atoms with van der Waals surface area (Å²) in [6.07, 6.45) is -0.557. The molecule has 0 amide bonds. The Hall–Kier alpha value is -2.23. The van der Waals surface area contributed by atoms with Crippen molar-refractivity contribution >= 4 is 0 Å². The molecule has 0 bridgehead atoms. The van der Waals surface area contributed by atoms with Gasteiger partial charge in [-0.05, 0) is 36.2 Å². The quantitative estimate of drug-likeness (QED) is 0.554. The fraction of sp³-hybridized carbons (Fsp3) is 0.400. The fourth-order valence-corrected chi connectivity index (χ4v) is 2.91. The molecular weight excluding hydrogens is 397 g/mol. The van der Waals surface area contributed by atoms with Gasteiger partial charge in [0.25, 0.3) is 0 Å². The molecular formula is C20H20F5NO3. The van der Waals surface area contributed by atoms with Crippen LogP contribution in [0, 0.1) is 35.0 Å². The minimum atomic E-state index is -1.58. The molecule has 4 nitrogen and oxygen atoms in total. The number of hydrogen-bond donors (Lipinski definition) is 1. The molecule has 3 rings (SSSR count). The van der Waals surface area contributed by atoms with Crippen LogP contribution in [0.25, 0.3) is 0 Å². The summed E-state index contributed by atoms with van der Waals surface area (Å²) in [5.41, 5.74) is 6.11. The molecule has 9 heteroatoms. The van der Waals surface area contributed by atoms with Gasteiger partial charge in [0.05, 0.1) is 19.8 Å². The molecule has 0 saturated carbocycles. The van der Waals surface area contributed by atoms with E-state index in [2.05, 4.69) is 0 Å². The second kappa shape index (κ2) is 9.06. The summed E-state index contributed by atoms with van der Waals surface area (Å²) >= 11 is 0. The van der Waals surface area contributed by atoms with Crippen molar-refractivity contribution in [1.29, 1.82) is 0 Å². The Morgan fingerprint density at radius 3 is 2.03 bits per heavy atom. The van der Waals surface area contributed by atoms with E-state index in [1.165, 1.54) is 0 Å². The van der Waals surface area contributed by atoms with Crippen molar-refractivity contribution in [3.8, 4) is 5.75 Å². The topological polar surface area (TPSA) is 53.7 Å². The van der Waals surface area contributed by atoms with Crippen molar-refractivity contribution in [3.63, 3.8) is 0 Å². The lowest BCUT2D eigenvalue weighted by atomic mass is 10.0. The summed E-state index contributed by atoms with van der Waals surface area (Å²) in [6.45, 7) is 1.79. The number of rotatable bonds is 6. The lowest BCUT2D eigenvalue weighted by molar-refractivity contribution is -0.209. The zero-order valence-electron chi connectivity index (χ0n) is 15.6. The van der Waals surface area contributed by atoms with Gasteiger partial charge in [-0.25, -0.2) is 22.0 Å². The Bertz CT molecular complexity index is 825. The van der Waals surface area contributed by atoms with Gasteiger partial charge in [0, 0.05) is 17.5 Å². The SMILES string of the molecule is CCC(N)c1cc(F)c(OCC2COC(c3cc(F)c(F)c(F)c3)OC2)c(F)c1. The van der Waals surface area contributed by atoms with Crippen LogP contribution in [0.1, 0.15) is 36.8 Å². The average molecular weight is 417 g/mol. The van der Waals surface area contributed by atoms with Gasteiger partial charge in [-0.2, -0.15) is 0 Å². The molecule has 0 spiro atoms. The minimum absolute atomic E-state index is 0.0132. The summed E-state index contributed by atoms with van der Waals surface area (Å²) in [5, 5.41) is 0. The van der Waals surface area contributed by atoms with Crippen molar-refractivity contribution in [2.45, 2.75) is 25.7 Å². The van der Waals surface area contributed by atoms with E-state index in [0.717, 1.165) is 24.3 Å². The molecule has 1 fully saturated rings. The molecule has 0 radical (unpaired) electrons. The molecule has 0 aromatic heterocycles. The molecule has 1 aliphatic rings. The first-order chi connectivity index (χ1) is 13.8. The van der Waals surface area contributed by atoms with E-state index in [4.69, 9.17) is 19.9 Å². The van der Waals surface area contributed by atoms with Crippen LogP contribution >= 0.6 is 0 Å². The van der Waals surface area contributed by atoms with Gasteiger partial charge in [-0.15, -0.1) is 0 Å². The first-order valence-corrected chi connectivity index (χ1v) is 9.05. The highest BCUT2D eigenvalue weighted by molar-refractivity contribution is 5.33. The van der Waals surface area contributed by atoms with Gasteiger partial charge in [0.2, 0.25) is 0 Å². The molecule has 2 N–H and O–H groups in total. The number of ether oxygens (including phenoxy) is 3. The summed E-state index contributed by atoms with van der Waals surface area (Å²) in [6, 6.07) is 3.36. The summed E-state index contributed by atoms with van der Waals surface area (Å²) in [7, 11) is 0. The maximum absolute atomic E-state index is 14.2. The highest BCUT2D eigenvalue weighted by Crippen LogP contribution is 2.30. The van der Waals surface area contributed by atoms with Crippen molar-refractivity contribution < 1.29 is 36.2 Å². The maximum Gasteiger partial charge on any atom is 0.194 e. The zero-order chi connectivity index (χ0) is 21.1. The van der Waals surface area contributed by atoms with E-state index in [-0.39, 0.29) is 31.3 Å². The minimum Gasteiger partial charge on any atom is -0.487 e. The van der Waals surface area contributed by atoms with Crippen LogP contribution in [0.15, 0.2) is 24.3 Å². The molecule has 2 aromatic carbocycles. The van der Waals surface area contributed by atoms with E-state index in [0.29, 0.717) is 12.0 Å². The van der Waals surface area contributed by atoms with Crippen molar-refractivity contribution in [2.75, 3.05) is 19.8 Å². The third-order valence-electron chi connectivity index (χ3n) is 4.60. The first-order valence-electron chi connectivity index (χ1n) is 9.05.